The number of halogens is 4. The lowest BCUT2D eigenvalue weighted by atomic mass is 10.4. The summed E-state index contributed by atoms with van der Waals surface area (Å²) in [4.78, 5) is 8.57. The van der Waals surface area contributed by atoms with E-state index in [0.717, 1.165) is 12.3 Å². The summed E-state index contributed by atoms with van der Waals surface area (Å²) in [6.07, 6.45) is -3.19. The average Bonchev–Trinajstić information content (AvgIpc) is 2.36. The Morgan fingerprint density at radius 2 is 2.08 bits per heavy atom. The van der Waals surface area contributed by atoms with E-state index in [9.17, 15) is 13.2 Å². The monoisotopic (exact) mass is 200 g/mol. The van der Waals surface area contributed by atoms with E-state index in [1.54, 1.807) is 0 Å². The van der Waals surface area contributed by atoms with Crippen molar-refractivity contribution < 1.29 is 18.0 Å². The van der Waals surface area contributed by atoms with E-state index in [1.807, 2.05) is 0 Å². The Labute approximate surface area is 70.5 Å². The van der Waals surface area contributed by atoms with E-state index >= 15 is 0 Å². The first kappa shape index (κ1) is 11.0. The summed E-state index contributed by atoms with van der Waals surface area (Å²) in [6.45, 7) is 0. The van der Waals surface area contributed by atoms with Gasteiger partial charge >= 0.3 is 6.18 Å². The van der Waals surface area contributed by atoms with Crippen molar-refractivity contribution in [1.82, 2.24) is 10.2 Å². The van der Waals surface area contributed by atoms with Crippen LogP contribution in [0, 0.1) is 0 Å². The highest BCUT2D eigenvalue weighted by Gasteiger charge is 2.32. The predicted octanol–water partition coefficient (Wildman–Crippen LogP) is 1.84. The van der Waals surface area contributed by atoms with E-state index < -0.39 is 11.9 Å². The molecule has 0 aliphatic rings. The van der Waals surface area contributed by atoms with Gasteiger partial charge in [0.05, 0.1) is 0 Å². The zero-order valence-electron chi connectivity index (χ0n) is 5.60. The van der Waals surface area contributed by atoms with E-state index in [0.29, 0.717) is 0 Å². The Morgan fingerprint density at radius 1 is 1.58 bits per heavy atom. The van der Waals surface area contributed by atoms with Crippen LogP contribution in [-0.2, 0) is 11.0 Å². The molecule has 0 aromatic carbocycles. The first-order valence-electron chi connectivity index (χ1n) is 2.63. The number of carbonyl (C=O) groups excluding carboxylic acids is 1. The van der Waals surface area contributed by atoms with Crippen molar-refractivity contribution in [3.63, 3.8) is 0 Å². The lowest BCUT2D eigenvalue weighted by Crippen LogP contribution is -2.04. The molecule has 1 N–H and O–H groups in total. The van der Waals surface area contributed by atoms with Gasteiger partial charge in [-0.3, -0.25) is 9.89 Å². The predicted molar refractivity (Wildman–Crippen MR) is 36.2 cm³/mol. The number of aromatic amines is 1. The maximum absolute atomic E-state index is 11.5. The average molecular weight is 201 g/mol. The minimum atomic E-state index is -4.32. The van der Waals surface area contributed by atoms with Gasteiger partial charge in [0.2, 0.25) is 5.75 Å². The van der Waals surface area contributed by atoms with Gasteiger partial charge in [0.1, 0.15) is 0 Å². The number of carbonyl (C=O) groups is 1. The number of H-pyrrole nitrogens is 1. The van der Waals surface area contributed by atoms with Gasteiger partial charge in [-0.05, 0) is 17.7 Å². The number of rotatable bonds is 0. The third kappa shape index (κ3) is 3.97. The standard InChI is InChI=1S/C4H3F3N2.CHClO/c5-4(6,7)3-1-2-8-9-3;2-1-3/h1-2H,(H,8,9);1H. The number of aromatic nitrogens is 2. The molecular formula is C5H4ClF3N2O. The lowest BCUT2D eigenvalue weighted by Gasteiger charge is -1.98. The van der Waals surface area contributed by atoms with E-state index in [1.165, 1.54) is 0 Å². The first-order chi connectivity index (χ1) is 5.52. The third-order valence-corrected chi connectivity index (χ3v) is 0.791. The Morgan fingerprint density at radius 3 is 2.25 bits per heavy atom. The van der Waals surface area contributed by atoms with Crippen LogP contribution >= 0.6 is 11.6 Å². The molecule has 0 atom stereocenters. The first-order valence-corrected chi connectivity index (χ1v) is 3.07. The molecule has 0 aliphatic carbocycles. The van der Waals surface area contributed by atoms with Crippen molar-refractivity contribution in [3.8, 4) is 0 Å². The molecular weight excluding hydrogens is 197 g/mol. The van der Waals surface area contributed by atoms with Crippen molar-refractivity contribution >= 4 is 17.3 Å². The van der Waals surface area contributed by atoms with Crippen molar-refractivity contribution in [1.29, 1.82) is 0 Å². The van der Waals surface area contributed by atoms with E-state index in [2.05, 4.69) is 21.8 Å². The maximum Gasteiger partial charge on any atom is 0.435 e. The van der Waals surface area contributed by atoms with Gasteiger partial charge in [0, 0.05) is 6.20 Å². The summed E-state index contributed by atoms with van der Waals surface area (Å²) >= 11 is 4.32. The summed E-state index contributed by atoms with van der Waals surface area (Å²) in [5, 5.41) is 5.00. The summed E-state index contributed by atoms with van der Waals surface area (Å²) in [7, 11) is 0. The Balaban J connectivity index is 0.000000354. The summed E-state index contributed by atoms with van der Waals surface area (Å²) in [6, 6.07) is 0.875. The van der Waals surface area contributed by atoms with Gasteiger partial charge in [-0.15, -0.1) is 0 Å². The topological polar surface area (TPSA) is 45.8 Å². The van der Waals surface area contributed by atoms with E-state index in [4.69, 9.17) is 4.79 Å². The molecule has 0 saturated heterocycles. The summed E-state index contributed by atoms with van der Waals surface area (Å²) in [5.74, 6) is 0.222. The van der Waals surface area contributed by atoms with E-state index in [-0.39, 0.29) is 5.75 Å². The highest BCUT2D eigenvalue weighted by molar-refractivity contribution is 6.54. The summed E-state index contributed by atoms with van der Waals surface area (Å²) < 4.78 is 34.6. The second-order valence-electron chi connectivity index (χ2n) is 1.55. The minimum Gasteiger partial charge on any atom is -0.285 e. The zero-order chi connectivity index (χ0) is 9.61. The van der Waals surface area contributed by atoms with Crippen LogP contribution in [0.2, 0.25) is 0 Å². The van der Waals surface area contributed by atoms with Crippen LogP contribution in [0.3, 0.4) is 0 Å². The molecule has 0 bridgehead atoms. The SMILES string of the molecule is FC(F)(F)c1cc[nH]n1.O=CCl. The van der Waals surface area contributed by atoms with Gasteiger partial charge in [-0.1, -0.05) is 0 Å². The quantitative estimate of drug-likeness (QED) is 0.513. The third-order valence-electron chi connectivity index (χ3n) is 0.791. The van der Waals surface area contributed by atoms with Gasteiger partial charge in [0.15, 0.2) is 5.69 Å². The largest absolute Gasteiger partial charge is 0.435 e. The smallest absolute Gasteiger partial charge is 0.285 e. The normalized spacial score (nSPS) is 10.0. The molecule has 0 radical (unpaired) electrons. The highest BCUT2D eigenvalue weighted by Crippen LogP contribution is 2.26. The van der Waals surface area contributed by atoms with Crippen molar-refractivity contribution in [2.75, 3.05) is 0 Å². The molecule has 0 spiro atoms. The molecule has 68 valence electrons. The molecule has 1 rings (SSSR count). The van der Waals surface area contributed by atoms with Crippen molar-refractivity contribution in [3.05, 3.63) is 18.0 Å². The Bertz CT molecular complexity index is 221. The minimum absolute atomic E-state index is 0.222. The fourth-order valence-corrected chi connectivity index (χ4v) is 0.418. The van der Waals surface area contributed by atoms with Crippen molar-refractivity contribution in [2.24, 2.45) is 0 Å². The molecule has 3 nitrogen and oxygen atoms in total. The number of nitrogens with zero attached hydrogens (tertiary/aromatic N) is 1. The maximum atomic E-state index is 11.5. The molecule has 0 amide bonds. The van der Waals surface area contributed by atoms with Crippen LogP contribution in [0.4, 0.5) is 13.2 Å². The van der Waals surface area contributed by atoms with Gasteiger partial charge < -0.3 is 0 Å². The van der Waals surface area contributed by atoms with Crippen molar-refractivity contribution in [2.45, 2.75) is 6.18 Å². The number of alkyl halides is 3. The van der Waals surface area contributed by atoms with Gasteiger partial charge in [-0.25, -0.2) is 0 Å². The molecule has 0 saturated carbocycles. The molecule has 0 aliphatic heterocycles. The van der Waals surface area contributed by atoms with Gasteiger partial charge in [-0.2, -0.15) is 18.3 Å². The fourth-order valence-electron chi connectivity index (χ4n) is 0.418. The molecule has 1 aromatic rings. The molecule has 1 aromatic heterocycles. The molecule has 7 heteroatoms. The fraction of sp³-hybridized carbons (Fsp3) is 0.200. The Hall–Kier alpha value is -1.04. The highest BCUT2D eigenvalue weighted by atomic mass is 35.5. The zero-order valence-corrected chi connectivity index (χ0v) is 6.36. The van der Waals surface area contributed by atoms with Crippen LogP contribution < -0.4 is 0 Å². The van der Waals surface area contributed by atoms with Gasteiger partial charge in [0.25, 0.3) is 0 Å². The molecule has 0 unspecified atom stereocenters. The summed E-state index contributed by atoms with van der Waals surface area (Å²) in [5.41, 5.74) is -0.887. The second-order valence-corrected chi connectivity index (χ2v) is 1.72. The lowest BCUT2D eigenvalue weighted by molar-refractivity contribution is -0.141. The van der Waals surface area contributed by atoms with Crippen LogP contribution in [0.25, 0.3) is 0 Å². The van der Waals surface area contributed by atoms with Crippen LogP contribution in [0.5, 0.6) is 0 Å². The number of hydrogen-bond donors (Lipinski definition) is 1. The number of hydrogen-bond acceptors (Lipinski definition) is 2. The number of nitrogens with one attached hydrogen (secondary N) is 1. The van der Waals surface area contributed by atoms with Crippen LogP contribution in [0.1, 0.15) is 5.69 Å². The Kier molecular flexibility index (Phi) is 4.35. The van der Waals surface area contributed by atoms with Crippen LogP contribution in [-0.4, -0.2) is 15.9 Å². The second kappa shape index (κ2) is 4.76. The molecule has 0 fully saturated rings. The molecule has 12 heavy (non-hydrogen) atoms. The van der Waals surface area contributed by atoms with Crippen LogP contribution in [0.15, 0.2) is 12.3 Å². The molecule has 1 heterocycles.